The van der Waals surface area contributed by atoms with Crippen molar-refractivity contribution in [3.05, 3.63) is 41.7 Å². The van der Waals surface area contributed by atoms with Gasteiger partial charge in [-0.05, 0) is 55.7 Å². The number of hydrogen-bond donors (Lipinski definition) is 4. The highest BCUT2D eigenvalue weighted by molar-refractivity contribution is 6.06. The Bertz CT molecular complexity index is 1480. The van der Waals surface area contributed by atoms with Crippen molar-refractivity contribution in [2.45, 2.75) is 71.0 Å². The fourth-order valence-electron chi connectivity index (χ4n) is 5.85. The largest absolute Gasteiger partial charge is 0.504 e. The van der Waals surface area contributed by atoms with E-state index in [-0.39, 0.29) is 46.6 Å². The van der Waals surface area contributed by atoms with E-state index >= 15 is 0 Å². The number of pyridine rings is 1. The van der Waals surface area contributed by atoms with Gasteiger partial charge in [0, 0.05) is 19.7 Å². The number of aromatic hydroxyl groups is 1. The molecule has 4 amide bonds. The lowest BCUT2D eigenvalue weighted by molar-refractivity contribution is -0.127. The lowest BCUT2D eigenvalue weighted by Crippen LogP contribution is -2.52. The second-order valence-electron chi connectivity index (χ2n) is 12.3. The molecule has 0 bridgehead atoms. The lowest BCUT2D eigenvalue weighted by Gasteiger charge is -2.34. The second kappa shape index (κ2) is 12.5. The number of ether oxygens (including phenoxy) is 3. The van der Waals surface area contributed by atoms with Gasteiger partial charge in [-0.15, -0.1) is 0 Å². The minimum atomic E-state index is -0.862. The first-order chi connectivity index (χ1) is 21.4. The number of carbonyl (C=O) groups excluding carboxylic acids is 4. The van der Waals surface area contributed by atoms with Gasteiger partial charge in [-0.3, -0.25) is 19.4 Å². The van der Waals surface area contributed by atoms with Crippen LogP contribution in [-0.2, 0) is 25.7 Å². The first kappa shape index (κ1) is 32.0. The minimum absolute atomic E-state index is 0.0244. The molecule has 14 heteroatoms. The molecule has 2 aliphatic heterocycles. The molecule has 1 saturated carbocycles. The maximum atomic E-state index is 13.8. The maximum absolute atomic E-state index is 13.8. The first-order valence-electron chi connectivity index (χ1n) is 14.9. The Kier molecular flexibility index (Phi) is 8.90. The van der Waals surface area contributed by atoms with Crippen molar-refractivity contribution in [1.82, 2.24) is 15.2 Å². The number of carbonyl (C=O) groups is 4. The molecule has 1 saturated heterocycles. The summed E-state index contributed by atoms with van der Waals surface area (Å²) in [6.07, 6.45) is 2.44. The number of aromatic nitrogens is 1. The average molecular weight is 625 g/mol. The molecule has 242 valence electrons. The summed E-state index contributed by atoms with van der Waals surface area (Å²) in [6, 6.07) is 3.95. The van der Waals surface area contributed by atoms with Crippen LogP contribution in [0.3, 0.4) is 0 Å². The van der Waals surface area contributed by atoms with Gasteiger partial charge in [0.2, 0.25) is 11.8 Å². The predicted molar refractivity (Wildman–Crippen MR) is 163 cm³/mol. The average Bonchev–Trinajstić information content (AvgIpc) is 3.69. The second-order valence-corrected chi connectivity index (χ2v) is 12.3. The zero-order valence-corrected chi connectivity index (χ0v) is 26.0. The molecule has 2 fully saturated rings. The van der Waals surface area contributed by atoms with E-state index in [0.29, 0.717) is 24.3 Å². The zero-order valence-electron chi connectivity index (χ0n) is 26.0. The van der Waals surface area contributed by atoms with Crippen molar-refractivity contribution < 1.29 is 38.5 Å². The molecule has 1 spiro atoms. The summed E-state index contributed by atoms with van der Waals surface area (Å²) in [4.78, 5) is 59.6. The van der Waals surface area contributed by atoms with Crippen molar-refractivity contribution in [3.63, 3.8) is 0 Å². The quantitative estimate of drug-likeness (QED) is 0.323. The summed E-state index contributed by atoms with van der Waals surface area (Å²) in [5, 5.41) is 15.9. The number of nitrogens with zero attached hydrogens (tertiary/aromatic N) is 3. The highest BCUT2D eigenvalue weighted by Gasteiger charge is 2.58. The summed E-state index contributed by atoms with van der Waals surface area (Å²) < 4.78 is 16.8. The third-order valence-electron chi connectivity index (χ3n) is 8.78. The first-order valence-corrected chi connectivity index (χ1v) is 14.9. The van der Waals surface area contributed by atoms with Gasteiger partial charge in [0.1, 0.15) is 12.6 Å². The van der Waals surface area contributed by atoms with Crippen LogP contribution < -0.4 is 26.0 Å². The van der Waals surface area contributed by atoms with E-state index < -0.39 is 42.3 Å². The van der Waals surface area contributed by atoms with Crippen LogP contribution in [0.5, 0.6) is 11.5 Å². The van der Waals surface area contributed by atoms with Gasteiger partial charge in [0.25, 0.3) is 5.91 Å². The molecule has 0 radical (unpaired) electrons. The standard InChI is InChI=1S/C31H40N6O8/c1-16(2)25(32)27(40)34-17(3)26(39)35-18-6-7-19(33-13-18)14-45-30(42)37-21-11-23(38)24(43-4)10-20(21)28(41)36-15-31(8-9-31)12-22(36)29(37)44-5/h6-7,10-11,13,16-17,22,25,29,38H,8-9,12,14-15,32H2,1-5H3,(H,34,40)(H,35,39)/t17?,22-,25-,29?/m0/s1. The van der Waals surface area contributed by atoms with Crippen LogP contribution in [0.25, 0.3) is 0 Å². The molecule has 5 rings (SSSR count). The molecule has 1 aliphatic carbocycles. The minimum Gasteiger partial charge on any atom is -0.504 e. The number of amides is 4. The van der Waals surface area contributed by atoms with Gasteiger partial charge in [0.15, 0.2) is 17.7 Å². The Hall–Kier alpha value is -4.43. The number of nitrogens with two attached hydrogens (primary N) is 1. The Labute approximate surface area is 261 Å². The molecule has 1 aromatic heterocycles. The Balaban J connectivity index is 1.29. The van der Waals surface area contributed by atoms with Crippen molar-refractivity contribution in [2.75, 3.05) is 31.0 Å². The van der Waals surface area contributed by atoms with Gasteiger partial charge >= 0.3 is 6.09 Å². The molecule has 5 N–H and O–H groups in total. The Morgan fingerprint density at radius 2 is 1.89 bits per heavy atom. The van der Waals surface area contributed by atoms with E-state index in [0.717, 1.165) is 12.8 Å². The van der Waals surface area contributed by atoms with Crippen LogP contribution in [0.4, 0.5) is 16.2 Å². The van der Waals surface area contributed by atoms with Gasteiger partial charge in [0.05, 0.1) is 48.0 Å². The number of methoxy groups -OCH3 is 2. The van der Waals surface area contributed by atoms with Crippen LogP contribution in [0.2, 0.25) is 0 Å². The molecule has 3 aliphatic rings. The number of benzene rings is 1. The van der Waals surface area contributed by atoms with Gasteiger partial charge < -0.3 is 40.6 Å². The molecule has 1 aromatic carbocycles. The lowest BCUT2D eigenvalue weighted by atomic mass is 10.0. The molecule has 3 heterocycles. The number of rotatable bonds is 9. The fraction of sp³-hybridized carbons (Fsp3) is 0.516. The zero-order chi connectivity index (χ0) is 32.6. The van der Waals surface area contributed by atoms with E-state index in [1.165, 1.54) is 37.4 Å². The van der Waals surface area contributed by atoms with Crippen molar-refractivity contribution in [2.24, 2.45) is 17.1 Å². The number of nitrogens with one attached hydrogen (secondary N) is 2. The topological polar surface area (TPSA) is 186 Å². The number of fused-ring (bicyclic) bond motifs is 2. The summed E-state index contributed by atoms with van der Waals surface area (Å²) in [5.41, 5.74) is 6.99. The van der Waals surface area contributed by atoms with E-state index in [2.05, 4.69) is 15.6 Å². The van der Waals surface area contributed by atoms with Gasteiger partial charge in [-0.2, -0.15) is 0 Å². The molecule has 45 heavy (non-hydrogen) atoms. The molecular weight excluding hydrogens is 584 g/mol. The van der Waals surface area contributed by atoms with Crippen LogP contribution in [-0.4, -0.2) is 83.9 Å². The molecule has 2 aromatic rings. The Morgan fingerprint density at radius 1 is 1.16 bits per heavy atom. The third-order valence-corrected chi connectivity index (χ3v) is 8.78. The summed E-state index contributed by atoms with van der Waals surface area (Å²) in [7, 11) is 2.86. The van der Waals surface area contributed by atoms with Crippen LogP contribution in [0.15, 0.2) is 30.5 Å². The predicted octanol–water partition coefficient (Wildman–Crippen LogP) is 2.35. The third kappa shape index (κ3) is 6.38. The van der Waals surface area contributed by atoms with Crippen molar-refractivity contribution in [3.8, 4) is 11.5 Å². The monoisotopic (exact) mass is 624 g/mol. The highest BCUT2D eigenvalue weighted by Crippen LogP contribution is 2.57. The molecule has 14 nitrogen and oxygen atoms in total. The van der Waals surface area contributed by atoms with Crippen LogP contribution in [0.1, 0.15) is 56.1 Å². The molecular formula is C31H40N6O8. The normalized spacial score (nSPS) is 21.0. The number of hydrogen-bond acceptors (Lipinski definition) is 10. The van der Waals surface area contributed by atoms with Gasteiger partial charge in [-0.1, -0.05) is 13.8 Å². The van der Waals surface area contributed by atoms with Crippen molar-refractivity contribution >= 4 is 35.2 Å². The maximum Gasteiger partial charge on any atom is 0.416 e. The highest BCUT2D eigenvalue weighted by atomic mass is 16.6. The number of anilines is 2. The van der Waals surface area contributed by atoms with E-state index in [1.807, 2.05) is 13.8 Å². The van der Waals surface area contributed by atoms with E-state index in [4.69, 9.17) is 19.9 Å². The summed E-state index contributed by atoms with van der Waals surface area (Å²) >= 11 is 0. The molecule has 4 atom stereocenters. The number of phenols is 1. The van der Waals surface area contributed by atoms with Gasteiger partial charge in [-0.25, -0.2) is 9.69 Å². The van der Waals surface area contributed by atoms with Crippen LogP contribution in [0, 0.1) is 11.3 Å². The Morgan fingerprint density at radius 3 is 2.49 bits per heavy atom. The summed E-state index contributed by atoms with van der Waals surface area (Å²) in [5.74, 6) is -1.36. The number of phenolic OH excluding ortho intramolecular Hbond substituents is 1. The van der Waals surface area contributed by atoms with E-state index in [1.54, 1.807) is 24.0 Å². The summed E-state index contributed by atoms with van der Waals surface area (Å²) in [6.45, 7) is 5.53. The fourth-order valence-corrected chi connectivity index (χ4v) is 5.85. The van der Waals surface area contributed by atoms with Crippen molar-refractivity contribution in [1.29, 1.82) is 0 Å². The van der Waals surface area contributed by atoms with Crippen LogP contribution >= 0.6 is 0 Å². The SMILES string of the molecule is COc1cc2c(cc1O)N(C(=O)OCc1ccc(NC(=O)C(C)NC(=O)[C@@H](N)C(C)C)cn1)C(OC)[C@@H]1CC3(CC3)CN1C2=O. The van der Waals surface area contributed by atoms with E-state index in [9.17, 15) is 24.3 Å². The molecule has 2 unspecified atom stereocenters. The smallest absolute Gasteiger partial charge is 0.416 e.